The topological polar surface area (TPSA) is 89.7 Å². The van der Waals surface area contributed by atoms with E-state index in [1.165, 1.54) is 6.42 Å². The van der Waals surface area contributed by atoms with Crippen molar-refractivity contribution in [1.29, 1.82) is 0 Å². The van der Waals surface area contributed by atoms with Gasteiger partial charge in [0.15, 0.2) is 0 Å². The molecule has 1 aliphatic rings. The number of carbonyl (C=O) groups excluding carboxylic acids is 3. The van der Waals surface area contributed by atoms with Crippen molar-refractivity contribution in [3.05, 3.63) is 0 Å². The third kappa shape index (κ3) is 8.73. The maximum Gasteiger partial charge on any atom is 0.429 e. The van der Waals surface area contributed by atoms with E-state index < -0.39 is 6.09 Å². The molecule has 15 heavy (non-hydrogen) atoms. The van der Waals surface area contributed by atoms with Crippen LogP contribution in [0.4, 0.5) is 4.79 Å². The van der Waals surface area contributed by atoms with Crippen LogP contribution in [-0.4, -0.2) is 30.4 Å². The molecule has 1 heterocycles. The molecule has 2 amide bonds. The lowest BCUT2D eigenvalue weighted by Crippen LogP contribution is -2.30. The number of carbonyl (C=O) groups is 3. The summed E-state index contributed by atoms with van der Waals surface area (Å²) in [4.78, 5) is 33.2. The summed E-state index contributed by atoms with van der Waals surface area (Å²) < 4.78 is 0. The third-order valence-electron chi connectivity index (χ3n) is 1.23. The highest BCUT2D eigenvalue weighted by Gasteiger charge is 2.22. The van der Waals surface area contributed by atoms with E-state index in [1.807, 2.05) is 6.79 Å². The van der Waals surface area contributed by atoms with Crippen molar-refractivity contribution in [2.75, 3.05) is 6.54 Å². The van der Waals surface area contributed by atoms with Gasteiger partial charge >= 0.3 is 6.09 Å². The lowest BCUT2D eigenvalue weighted by molar-refractivity contribution is -0.157. The Kier molecular flexibility index (Phi) is 11.1. The maximum atomic E-state index is 10.7. The molecule has 1 fully saturated rings. The number of rotatable bonds is 1. The normalized spacial score (nSPS) is 13.2. The molecule has 1 saturated heterocycles. The Morgan fingerprint density at radius 2 is 2.07 bits per heavy atom. The molecule has 0 atom stereocenters. The molecule has 0 radical (unpaired) electrons. The molecule has 90 valence electrons. The van der Waals surface area contributed by atoms with Gasteiger partial charge < -0.3 is 15.4 Å². The Balaban J connectivity index is -0.000000246. The van der Waals surface area contributed by atoms with Crippen LogP contribution in [0.2, 0.25) is 0 Å². The molecule has 2 N–H and O–H groups in total. The third-order valence-corrected chi connectivity index (χ3v) is 1.23. The Bertz CT molecular complexity index is 202. The zero-order valence-corrected chi connectivity index (χ0v) is 9.19. The predicted octanol–water partition coefficient (Wildman–Crippen LogP) is 1.10. The number of amides is 2. The van der Waals surface area contributed by atoms with Crippen LogP contribution in [0.25, 0.3) is 0 Å². The summed E-state index contributed by atoms with van der Waals surface area (Å²) in [6, 6.07) is 0. The minimum atomic E-state index is -0.935. The molecule has 0 aromatic carbocycles. The summed E-state index contributed by atoms with van der Waals surface area (Å²) in [7, 11) is 0. The number of hydrogen-bond acceptors (Lipinski definition) is 4. The number of nitrogens with zero attached hydrogens (tertiary/aromatic N) is 1. The van der Waals surface area contributed by atoms with Gasteiger partial charge in [0.1, 0.15) is 6.79 Å². The smallest absolute Gasteiger partial charge is 0.333 e. The molecule has 1 aliphatic heterocycles. The van der Waals surface area contributed by atoms with E-state index in [0.29, 0.717) is 13.0 Å². The molecule has 0 bridgehead atoms. The summed E-state index contributed by atoms with van der Waals surface area (Å²) >= 11 is 0. The molecule has 0 unspecified atom stereocenters. The second kappa shape index (κ2) is 10.5. The summed E-state index contributed by atoms with van der Waals surface area (Å²) in [6.07, 6.45) is 1.48. The largest absolute Gasteiger partial charge is 0.429 e. The molecule has 0 spiro atoms. The minimum Gasteiger partial charge on any atom is -0.333 e. The van der Waals surface area contributed by atoms with Gasteiger partial charge in [-0.15, -0.1) is 0 Å². The molecule has 0 aromatic heterocycles. The summed E-state index contributed by atoms with van der Waals surface area (Å²) in [5.74, 6) is -0.182. The van der Waals surface area contributed by atoms with E-state index in [9.17, 15) is 9.59 Å². The van der Waals surface area contributed by atoms with Crippen LogP contribution in [0.15, 0.2) is 0 Å². The van der Waals surface area contributed by atoms with Crippen LogP contribution in [0.1, 0.15) is 34.5 Å². The van der Waals surface area contributed by atoms with E-state index >= 15 is 0 Å². The van der Waals surface area contributed by atoms with Crippen molar-refractivity contribution in [3.8, 4) is 0 Å². The van der Waals surface area contributed by atoms with Gasteiger partial charge in [0.05, 0.1) is 6.54 Å². The first-order valence-corrected chi connectivity index (χ1v) is 4.68. The van der Waals surface area contributed by atoms with Crippen molar-refractivity contribution in [2.45, 2.75) is 33.1 Å². The average Bonchev–Trinajstić information content (AvgIpc) is 2.56. The van der Waals surface area contributed by atoms with Gasteiger partial charge in [0, 0.05) is 7.85 Å². The number of primary amides is 1. The first kappa shape index (κ1) is 15.9. The quantitative estimate of drug-likeness (QED) is 0.716. The van der Waals surface area contributed by atoms with Gasteiger partial charge in [-0.2, -0.15) is 5.06 Å². The van der Waals surface area contributed by atoms with Gasteiger partial charge in [-0.1, -0.05) is 20.3 Å². The van der Waals surface area contributed by atoms with Gasteiger partial charge in [-0.05, 0) is 6.42 Å². The van der Waals surface area contributed by atoms with E-state index in [-0.39, 0.29) is 7.33 Å². The summed E-state index contributed by atoms with van der Waals surface area (Å²) in [5.41, 5.74) is 4.68. The standard InChI is InChI=1S/C5H8N2O3.C3H8.CH2O.H2/c6-5(9)10-7-3-1-2-4(7)8;1-3-2;1-2;/h1-3H2,(H2,6,9);3H2,1-2H3;1H2;1H. The fraction of sp³-hybridized carbons (Fsp3) is 0.667. The lowest BCUT2D eigenvalue weighted by atomic mass is 10.4. The highest BCUT2D eigenvalue weighted by molar-refractivity contribution is 5.78. The summed E-state index contributed by atoms with van der Waals surface area (Å²) in [5, 5.41) is 0.988. The van der Waals surface area contributed by atoms with Crippen LogP contribution in [0, 0.1) is 0 Å². The Morgan fingerprint density at radius 1 is 1.60 bits per heavy atom. The number of hydrogen-bond donors (Lipinski definition) is 1. The molecular formula is C9H20N2O4. The Labute approximate surface area is 90.8 Å². The van der Waals surface area contributed by atoms with Crippen LogP contribution < -0.4 is 5.73 Å². The van der Waals surface area contributed by atoms with Crippen molar-refractivity contribution in [2.24, 2.45) is 5.73 Å². The molecule has 0 aromatic rings. The highest BCUT2D eigenvalue weighted by Crippen LogP contribution is 2.08. The van der Waals surface area contributed by atoms with Crippen molar-refractivity contribution in [3.63, 3.8) is 0 Å². The average molecular weight is 220 g/mol. The molecule has 6 nitrogen and oxygen atoms in total. The zero-order chi connectivity index (χ0) is 12.3. The predicted molar refractivity (Wildman–Crippen MR) is 56.8 cm³/mol. The van der Waals surface area contributed by atoms with Gasteiger partial charge in [0.25, 0.3) is 5.91 Å². The lowest BCUT2D eigenvalue weighted by Gasteiger charge is -2.11. The second-order valence-electron chi connectivity index (χ2n) is 2.72. The van der Waals surface area contributed by atoms with Crippen molar-refractivity contribution >= 4 is 18.8 Å². The van der Waals surface area contributed by atoms with E-state index in [2.05, 4.69) is 24.4 Å². The fourth-order valence-corrected chi connectivity index (χ4v) is 0.828. The monoisotopic (exact) mass is 220 g/mol. The summed E-state index contributed by atoms with van der Waals surface area (Å²) in [6.45, 7) is 6.71. The molecule has 1 rings (SSSR count). The van der Waals surface area contributed by atoms with Gasteiger partial charge in [-0.3, -0.25) is 4.79 Å². The first-order valence-electron chi connectivity index (χ1n) is 4.68. The van der Waals surface area contributed by atoms with Crippen LogP contribution in [-0.2, 0) is 14.4 Å². The van der Waals surface area contributed by atoms with Crippen LogP contribution >= 0.6 is 0 Å². The number of hydroxylamine groups is 2. The van der Waals surface area contributed by atoms with E-state index in [0.717, 1.165) is 11.5 Å². The van der Waals surface area contributed by atoms with Crippen LogP contribution in [0.3, 0.4) is 0 Å². The SMILES string of the molecule is C=O.CCC.NC(=O)ON1CCCC1=O.[HH]. The van der Waals surface area contributed by atoms with Gasteiger partial charge in [0.2, 0.25) is 0 Å². The number of nitrogens with two attached hydrogens (primary N) is 1. The van der Waals surface area contributed by atoms with Crippen molar-refractivity contribution in [1.82, 2.24) is 5.06 Å². The van der Waals surface area contributed by atoms with E-state index in [4.69, 9.17) is 4.79 Å². The Morgan fingerprint density at radius 3 is 2.33 bits per heavy atom. The molecular weight excluding hydrogens is 200 g/mol. The van der Waals surface area contributed by atoms with Crippen molar-refractivity contribution < 1.29 is 20.6 Å². The van der Waals surface area contributed by atoms with Gasteiger partial charge in [-0.25, -0.2) is 4.79 Å². The minimum absolute atomic E-state index is 0. The molecule has 0 saturated carbocycles. The Hall–Kier alpha value is -1.59. The fourth-order valence-electron chi connectivity index (χ4n) is 0.828. The molecule has 0 aliphatic carbocycles. The van der Waals surface area contributed by atoms with Crippen LogP contribution in [0.5, 0.6) is 0 Å². The second-order valence-corrected chi connectivity index (χ2v) is 2.72. The zero-order valence-electron chi connectivity index (χ0n) is 9.19. The first-order chi connectivity index (χ1) is 7.11. The highest BCUT2D eigenvalue weighted by atomic mass is 16.7. The molecule has 6 heteroatoms. The van der Waals surface area contributed by atoms with E-state index in [1.54, 1.807) is 0 Å². The maximum absolute atomic E-state index is 10.7.